The number of ether oxygens (including phenoxy) is 2. The van der Waals surface area contributed by atoms with E-state index in [1.165, 1.54) is 13.2 Å². The molecule has 0 saturated heterocycles. The zero-order valence-electron chi connectivity index (χ0n) is 18.4. The first-order valence-corrected chi connectivity index (χ1v) is 10.3. The molecule has 0 radical (unpaired) electrons. The van der Waals surface area contributed by atoms with Gasteiger partial charge >= 0.3 is 6.61 Å². The molecule has 1 aromatic carbocycles. The molecule has 1 N–H and O–H groups in total. The van der Waals surface area contributed by atoms with Crippen molar-refractivity contribution in [2.75, 3.05) is 7.11 Å². The highest BCUT2D eigenvalue weighted by atomic mass is 19.3. The van der Waals surface area contributed by atoms with E-state index in [2.05, 4.69) is 22.9 Å². The maximum atomic E-state index is 13.4. The zero-order chi connectivity index (χ0) is 23.9. The third-order valence-electron chi connectivity index (χ3n) is 5.69. The molecule has 2 heterocycles. The number of nitrogens with zero attached hydrogens (tertiary/aromatic N) is 3. The second-order valence-corrected chi connectivity index (χ2v) is 8.44. The van der Waals surface area contributed by atoms with Crippen LogP contribution in [0.15, 0.2) is 43.2 Å². The van der Waals surface area contributed by atoms with Crippen LogP contribution in [0.5, 0.6) is 11.5 Å². The van der Waals surface area contributed by atoms with Gasteiger partial charge < -0.3 is 14.8 Å². The van der Waals surface area contributed by atoms with E-state index in [0.717, 1.165) is 5.56 Å². The van der Waals surface area contributed by atoms with Crippen LogP contribution in [-0.4, -0.2) is 35.3 Å². The molecule has 0 spiro atoms. The molecule has 1 saturated carbocycles. The van der Waals surface area contributed by atoms with Crippen LogP contribution in [0.25, 0.3) is 22.6 Å². The van der Waals surface area contributed by atoms with Crippen LogP contribution in [0.1, 0.15) is 31.4 Å². The summed E-state index contributed by atoms with van der Waals surface area (Å²) in [6, 6.07) is 8.59. The third kappa shape index (κ3) is 4.33. The summed E-state index contributed by atoms with van der Waals surface area (Å²) in [4.78, 5) is 4.42. The Kier molecular flexibility index (Phi) is 5.70. The SMILES string of the molecule is C=C(NC1CC1F)c1c(OC)cc(-c2cnc3cc(C(C)(C)C#N)ccn23)cc1OC(F)F. The van der Waals surface area contributed by atoms with Crippen molar-refractivity contribution in [3.05, 3.63) is 54.4 Å². The second-order valence-electron chi connectivity index (χ2n) is 8.44. The van der Waals surface area contributed by atoms with E-state index in [9.17, 15) is 18.4 Å². The summed E-state index contributed by atoms with van der Waals surface area (Å²) in [5.41, 5.74) is 2.28. The quantitative estimate of drug-likeness (QED) is 0.512. The van der Waals surface area contributed by atoms with Crippen molar-refractivity contribution in [2.24, 2.45) is 0 Å². The average Bonchev–Trinajstić information content (AvgIpc) is 3.30. The minimum Gasteiger partial charge on any atom is -0.496 e. The Morgan fingerprint density at radius 1 is 1.33 bits per heavy atom. The van der Waals surface area contributed by atoms with Gasteiger partial charge in [0.15, 0.2) is 0 Å². The van der Waals surface area contributed by atoms with E-state index in [1.54, 1.807) is 22.9 Å². The Labute approximate surface area is 189 Å². The third-order valence-corrected chi connectivity index (χ3v) is 5.69. The van der Waals surface area contributed by atoms with Gasteiger partial charge in [-0.05, 0) is 43.7 Å². The lowest BCUT2D eigenvalue weighted by Crippen LogP contribution is -2.18. The highest BCUT2D eigenvalue weighted by Gasteiger charge is 2.38. The number of benzene rings is 1. The predicted molar refractivity (Wildman–Crippen MR) is 118 cm³/mol. The lowest BCUT2D eigenvalue weighted by molar-refractivity contribution is -0.0501. The number of alkyl halides is 3. The first kappa shape index (κ1) is 22.5. The molecule has 2 atom stereocenters. The molecule has 9 heteroatoms. The van der Waals surface area contributed by atoms with Crippen molar-refractivity contribution >= 4 is 11.3 Å². The maximum Gasteiger partial charge on any atom is 0.387 e. The van der Waals surface area contributed by atoms with Crippen LogP contribution in [0.3, 0.4) is 0 Å². The number of hydrogen-bond acceptors (Lipinski definition) is 5. The van der Waals surface area contributed by atoms with Gasteiger partial charge in [-0.15, -0.1) is 0 Å². The summed E-state index contributed by atoms with van der Waals surface area (Å²) < 4.78 is 51.9. The first-order chi connectivity index (χ1) is 15.6. The number of methoxy groups -OCH3 is 1. The van der Waals surface area contributed by atoms with Crippen molar-refractivity contribution < 1.29 is 22.6 Å². The molecule has 1 fully saturated rings. The molecule has 172 valence electrons. The van der Waals surface area contributed by atoms with E-state index in [1.807, 2.05) is 26.0 Å². The van der Waals surface area contributed by atoms with Gasteiger partial charge in [0.2, 0.25) is 0 Å². The molecular weight excluding hydrogens is 433 g/mol. The van der Waals surface area contributed by atoms with E-state index < -0.39 is 24.2 Å². The Bertz CT molecular complexity index is 1260. The summed E-state index contributed by atoms with van der Waals surface area (Å²) in [6.45, 7) is 4.42. The number of aromatic nitrogens is 2. The van der Waals surface area contributed by atoms with Crippen molar-refractivity contribution in [2.45, 2.75) is 44.5 Å². The highest BCUT2D eigenvalue weighted by Crippen LogP contribution is 2.40. The number of fused-ring (bicyclic) bond motifs is 1. The minimum atomic E-state index is -3.08. The highest BCUT2D eigenvalue weighted by molar-refractivity contribution is 5.79. The molecule has 1 aliphatic carbocycles. The van der Waals surface area contributed by atoms with Crippen LogP contribution in [0.2, 0.25) is 0 Å². The van der Waals surface area contributed by atoms with E-state index in [0.29, 0.717) is 23.3 Å². The first-order valence-electron chi connectivity index (χ1n) is 10.3. The summed E-state index contributed by atoms with van der Waals surface area (Å²) in [7, 11) is 1.40. The molecule has 6 nitrogen and oxygen atoms in total. The smallest absolute Gasteiger partial charge is 0.387 e. The standard InChI is InChI=1S/C24H23F3N4O2/c1-13(30-17-10-16(17)25)22-19(32-4)7-14(8-20(22)33-23(26)27)18-11-29-21-9-15(5-6-31(18)21)24(2,3)12-28/h5-9,11,16-17,23,30H,1,10H2,2-4H3. The monoisotopic (exact) mass is 456 g/mol. The normalized spacial score (nSPS) is 17.6. The van der Waals surface area contributed by atoms with Gasteiger partial charge in [0.05, 0.1) is 42.1 Å². The number of halogens is 3. The lowest BCUT2D eigenvalue weighted by Gasteiger charge is -2.19. The molecule has 2 aromatic heterocycles. The maximum absolute atomic E-state index is 13.4. The van der Waals surface area contributed by atoms with E-state index in [4.69, 9.17) is 9.47 Å². The summed E-state index contributed by atoms with van der Waals surface area (Å²) in [5.74, 6) is 0.0963. The van der Waals surface area contributed by atoms with Crippen LogP contribution in [0.4, 0.5) is 13.2 Å². The largest absolute Gasteiger partial charge is 0.496 e. The molecule has 1 aliphatic rings. The number of nitriles is 1. The van der Waals surface area contributed by atoms with Gasteiger partial charge in [-0.25, -0.2) is 9.37 Å². The Morgan fingerprint density at radius 2 is 2.03 bits per heavy atom. The molecule has 3 aromatic rings. The molecule has 0 amide bonds. The van der Waals surface area contributed by atoms with Gasteiger partial charge in [-0.3, -0.25) is 4.40 Å². The minimum absolute atomic E-state index is 0.148. The zero-order valence-corrected chi connectivity index (χ0v) is 18.4. The van der Waals surface area contributed by atoms with Gasteiger partial charge in [0.1, 0.15) is 23.3 Å². The number of pyridine rings is 1. The second kappa shape index (κ2) is 8.35. The van der Waals surface area contributed by atoms with Crippen LogP contribution in [-0.2, 0) is 5.41 Å². The molecule has 33 heavy (non-hydrogen) atoms. The molecule has 0 bridgehead atoms. The van der Waals surface area contributed by atoms with Gasteiger partial charge in [-0.2, -0.15) is 14.0 Å². The molecular formula is C24H23F3N4O2. The fourth-order valence-corrected chi connectivity index (χ4v) is 3.64. The van der Waals surface area contributed by atoms with Crippen LogP contribution < -0.4 is 14.8 Å². The lowest BCUT2D eigenvalue weighted by atomic mass is 9.87. The van der Waals surface area contributed by atoms with E-state index >= 15 is 0 Å². The Balaban J connectivity index is 1.80. The predicted octanol–water partition coefficient (Wildman–Crippen LogP) is 5.08. The molecule has 2 unspecified atom stereocenters. The van der Waals surface area contributed by atoms with Crippen molar-refractivity contribution in [1.29, 1.82) is 5.26 Å². The Morgan fingerprint density at radius 3 is 2.64 bits per heavy atom. The number of imidazole rings is 1. The topological polar surface area (TPSA) is 71.6 Å². The number of nitrogens with one attached hydrogen (secondary N) is 1. The van der Waals surface area contributed by atoms with Crippen molar-refractivity contribution in [3.8, 4) is 28.8 Å². The van der Waals surface area contributed by atoms with Crippen molar-refractivity contribution in [1.82, 2.24) is 14.7 Å². The fourth-order valence-electron chi connectivity index (χ4n) is 3.64. The van der Waals surface area contributed by atoms with Gasteiger partial charge in [-0.1, -0.05) is 6.58 Å². The van der Waals surface area contributed by atoms with Gasteiger partial charge in [0, 0.05) is 23.9 Å². The van der Waals surface area contributed by atoms with Gasteiger partial charge in [0.25, 0.3) is 0 Å². The summed E-state index contributed by atoms with van der Waals surface area (Å²) >= 11 is 0. The molecule has 4 rings (SSSR count). The van der Waals surface area contributed by atoms with Crippen LogP contribution in [0, 0.1) is 11.3 Å². The fraction of sp³-hybridized carbons (Fsp3) is 0.333. The van der Waals surface area contributed by atoms with Crippen molar-refractivity contribution in [3.63, 3.8) is 0 Å². The summed E-state index contributed by atoms with van der Waals surface area (Å²) in [6.07, 6.45) is 2.70. The van der Waals surface area contributed by atoms with Crippen LogP contribution >= 0.6 is 0 Å². The molecule has 0 aliphatic heterocycles. The Hall–Kier alpha value is -3.67. The number of rotatable bonds is 8. The van der Waals surface area contributed by atoms with E-state index in [-0.39, 0.29) is 22.8 Å². The number of hydrogen-bond donors (Lipinski definition) is 1. The average molecular weight is 456 g/mol. The summed E-state index contributed by atoms with van der Waals surface area (Å²) in [5, 5.41) is 12.3.